The lowest BCUT2D eigenvalue weighted by atomic mass is 9.78. The first-order chi connectivity index (χ1) is 12.1. The molecule has 2 fully saturated rings. The number of non-ortho nitro benzene ring substituents is 1. The van der Waals surface area contributed by atoms with Crippen LogP contribution in [0.15, 0.2) is 30.9 Å². The molecule has 2 atom stereocenters. The molecule has 0 bridgehead atoms. The summed E-state index contributed by atoms with van der Waals surface area (Å²) in [5.41, 5.74) is 0.323. The number of hydrogen-bond donors (Lipinski definition) is 0. The minimum absolute atomic E-state index is 0.0782. The highest BCUT2D eigenvalue weighted by Crippen LogP contribution is 2.37. The lowest BCUT2D eigenvalue weighted by Gasteiger charge is -2.44. The summed E-state index contributed by atoms with van der Waals surface area (Å²) < 4.78 is 5.56. The number of carbonyl (C=O) groups is 1. The predicted octanol–water partition coefficient (Wildman–Crippen LogP) is 3.95. The van der Waals surface area contributed by atoms with E-state index in [0.29, 0.717) is 11.5 Å². The van der Waals surface area contributed by atoms with Crippen LogP contribution < -0.4 is 4.74 Å². The van der Waals surface area contributed by atoms with Crippen LogP contribution in [0.4, 0.5) is 5.69 Å². The number of nitrogens with zero attached hydrogens (tertiary/aromatic N) is 2. The fourth-order valence-electron chi connectivity index (χ4n) is 4.10. The van der Waals surface area contributed by atoms with E-state index in [4.69, 9.17) is 4.74 Å². The van der Waals surface area contributed by atoms with Gasteiger partial charge in [-0.25, -0.2) is 0 Å². The van der Waals surface area contributed by atoms with Gasteiger partial charge in [-0.15, -0.1) is 0 Å². The number of ether oxygens (including phenoxy) is 1. The molecule has 1 aromatic carbocycles. The van der Waals surface area contributed by atoms with Gasteiger partial charge in [0.2, 0.25) is 0 Å². The normalized spacial score (nSPS) is 22.8. The van der Waals surface area contributed by atoms with Crippen molar-refractivity contribution >= 4 is 11.6 Å². The number of hydrogen-bond acceptors (Lipinski definition) is 4. The first kappa shape index (κ1) is 17.5. The molecule has 6 heteroatoms. The molecule has 1 heterocycles. The molecule has 2 aliphatic rings. The standard InChI is InChI=1S/C19H24N2O4/c1-2-12-25-18-13-15(21(23)24)9-10-16(18)19(22)20-11-5-7-14-6-3-4-8-17(14)20/h2,9-10,13-14,17H,1,3-8,11-12H2. The van der Waals surface area contributed by atoms with Gasteiger partial charge in [-0.2, -0.15) is 0 Å². The van der Waals surface area contributed by atoms with Gasteiger partial charge in [0.25, 0.3) is 11.6 Å². The second kappa shape index (κ2) is 7.68. The number of nitro benzene ring substituents is 1. The molecule has 1 saturated heterocycles. The van der Waals surface area contributed by atoms with E-state index in [1.807, 2.05) is 4.90 Å². The molecule has 0 aromatic heterocycles. The fourth-order valence-corrected chi connectivity index (χ4v) is 4.10. The zero-order chi connectivity index (χ0) is 17.8. The predicted molar refractivity (Wildman–Crippen MR) is 94.8 cm³/mol. The largest absolute Gasteiger partial charge is 0.488 e. The van der Waals surface area contributed by atoms with Crippen LogP contribution in [0.2, 0.25) is 0 Å². The van der Waals surface area contributed by atoms with E-state index in [2.05, 4.69) is 6.58 Å². The van der Waals surface area contributed by atoms with Crippen molar-refractivity contribution < 1.29 is 14.5 Å². The first-order valence-electron chi connectivity index (χ1n) is 8.95. The van der Waals surface area contributed by atoms with Gasteiger partial charge >= 0.3 is 0 Å². The van der Waals surface area contributed by atoms with Crippen LogP contribution in [0, 0.1) is 16.0 Å². The minimum Gasteiger partial charge on any atom is -0.488 e. The summed E-state index contributed by atoms with van der Waals surface area (Å²) >= 11 is 0. The van der Waals surface area contributed by atoms with Crippen LogP contribution in [0.3, 0.4) is 0 Å². The molecule has 134 valence electrons. The van der Waals surface area contributed by atoms with Gasteiger partial charge in [0.15, 0.2) is 0 Å². The Bertz CT molecular complexity index is 671. The highest BCUT2D eigenvalue weighted by Gasteiger charge is 2.36. The van der Waals surface area contributed by atoms with E-state index in [1.165, 1.54) is 37.5 Å². The molecular weight excluding hydrogens is 320 g/mol. The Morgan fingerprint density at radius 1 is 1.32 bits per heavy atom. The second-order valence-corrected chi connectivity index (χ2v) is 6.79. The van der Waals surface area contributed by atoms with Crippen molar-refractivity contribution in [1.29, 1.82) is 0 Å². The Labute approximate surface area is 147 Å². The molecule has 1 aliphatic heterocycles. The zero-order valence-corrected chi connectivity index (χ0v) is 14.4. The maximum absolute atomic E-state index is 13.2. The van der Waals surface area contributed by atoms with Gasteiger partial charge in [0.05, 0.1) is 16.6 Å². The Balaban J connectivity index is 1.89. The maximum Gasteiger partial charge on any atom is 0.273 e. The van der Waals surface area contributed by atoms with Crippen molar-refractivity contribution in [2.24, 2.45) is 5.92 Å². The van der Waals surface area contributed by atoms with Gasteiger partial charge in [0.1, 0.15) is 12.4 Å². The second-order valence-electron chi connectivity index (χ2n) is 6.79. The van der Waals surface area contributed by atoms with Crippen molar-refractivity contribution in [3.8, 4) is 5.75 Å². The molecule has 0 N–H and O–H groups in total. The van der Waals surface area contributed by atoms with Crippen molar-refractivity contribution in [3.05, 3.63) is 46.5 Å². The van der Waals surface area contributed by atoms with Crippen molar-refractivity contribution in [2.45, 2.75) is 44.6 Å². The summed E-state index contributed by atoms with van der Waals surface area (Å²) in [6.45, 7) is 4.55. The summed E-state index contributed by atoms with van der Waals surface area (Å²) in [7, 11) is 0. The van der Waals surface area contributed by atoms with E-state index in [1.54, 1.807) is 6.08 Å². The summed E-state index contributed by atoms with van der Waals surface area (Å²) in [4.78, 5) is 25.7. The number of amides is 1. The van der Waals surface area contributed by atoms with Crippen LogP contribution in [0.1, 0.15) is 48.9 Å². The zero-order valence-electron chi connectivity index (χ0n) is 14.4. The molecule has 0 radical (unpaired) electrons. The third-order valence-corrected chi connectivity index (χ3v) is 5.27. The summed E-state index contributed by atoms with van der Waals surface area (Å²) in [5, 5.41) is 11.0. The number of likely N-dealkylation sites (tertiary alicyclic amines) is 1. The number of piperidine rings is 1. The first-order valence-corrected chi connectivity index (χ1v) is 8.95. The SMILES string of the molecule is C=CCOc1cc([N+](=O)[O-])ccc1C(=O)N1CCCC2CCCCC21. The van der Waals surface area contributed by atoms with Crippen LogP contribution in [0.25, 0.3) is 0 Å². The Kier molecular flexibility index (Phi) is 5.36. The van der Waals surface area contributed by atoms with Gasteiger partial charge in [-0.3, -0.25) is 14.9 Å². The average molecular weight is 344 g/mol. The van der Waals surface area contributed by atoms with Gasteiger partial charge < -0.3 is 9.64 Å². The van der Waals surface area contributed by atoms with E-state index in [9.17, 15) is 14.9 Å². The summed E-state index contributed by atoms with van der Waals surface area (Å²) in [6.07, 6.45) is 8.41. The molecule has 3 rings (SSSR count). The summed E-state index contributed by atoms with van der Waals surface area (Å²) in [6, 6.07) is 4.51. The van der Waals surface area contributed by atoms with Crippen LogP contribution in [-0.2, 0) is 0 Å². The molecule has 1 aliphatic carbocycles. The van der Waals surface area contributed by atoms with E-state index >= 15 is 0 Å². The monoisotopic (exact) mass is 344 g/mol. The molecule has 1 aromatic rings. The summed E-state index contributed by atoms with van der Waals surface area (Å²) in [5.74, 6) is 0.768. The number of nitro groups is 1. The highest BCUT2D eigenvalue weighted by molar-refractivity contribution is 5.97. The van der Waals surface area contributed by atoms with Gasteiger partial charge in [-0.05, 0) is 37.7 Å². The molecule has 2 unspecified atom stereocenters. The fraction of sp³-hybridized carbons (Fsp3) is 0.526. The van der Waals surface area contributed by atoms with Crippen LogP contribution in [0.5, 0.6) is 5.75 Å². The Morgan fingerprint density at radius 3 is 2.84 bits per heavy atom. The topological polar surface area (TPSA) is 72.7 Å². The van der Waals surface area contributed by atoms with Crippen LogP contribution >= 0.6 is 0 Å². The van der Waals surface area contributed by atoms with Crippen molar-refractivity contribution in [2.75, 3.05) is 13.2 Å². The molecular formula is C19H24N2O4. The van der Waals surface area contributed by atoms with E-state index < -0.39 is 4.92 Å². The highest BCUT2D eigenvalue weighted by atomic mass is 16.6. The Morgan fingerprint density at radius 2 is 2.08 bits per heavy atom. The third-order valence-electron chi connectivity index (χ3n) is 5.27. The number of carbonyl (C=O) groups excluding carboxylic acids is 1. The Hall–Kier alpha value is -2.37. The van der Waals surface area contributed by atoms with Crippen LogP contribution in [-0.4, -0.2) is 34.9 Å². The maximum atomic E-state index is 13.2. The lowest BCUT2D eigenvalue weighted by Crippen LogP contribution is -2.49. The molecule has 1 saturated carbocycles. The smallest absolute Gasteiger partial charge is 0.273 e. The van der Waals surface area contributed by atoms with Gasteiger partial charge in [-0.1, -0.05) is 25.5 Å². The molecule has 6 nitrogen and oxygen atoms in total. The lowest BCUT2D eigenvalue weighted by molar-refractivity contribution is -0.384. The van der Waals surface area contributed by atoms with Gasteiger partial charge in [0, 0.05) is 18.7 Å². The van der Waals surface area contributed by atoms with Crippen molar-refractivity contribution in [1.82, 2.24) is 4.90 Å². The number of rotatable bonds is 5. The molecule has 0 spiro atoms. The van der Waals surface area contributed by atoms with E-state index in [0.717, 1.165) is 25.8 Å². The minimum atomic E-state index is -0.479. The molecule has 25 heavy (non-hydrogen) atoms. The third kappa shape index (κ3) is 3.67. The van der Waals surface area contributed by atoms with E-state index in [-0.39, 0.29) is 30.0 Å². The molecule has 1 amide bonds. The number of benzene rings is 1. The van der Waals surface area contributed by atoms with Crippen molar-refractivity contribution in [3.63, 3.8) is 0 Å². The number of fused-ring (bicyclic) bond motifs is 1. The quantitative estimate of drug-likeness (QED) is 0.460. The average Bonchev–Trinajstić information content (AvgIpc) is 2.65.